The van der Waals surface area contributed by atoms with Crippen LogP contribution in [0, 0.1) is 0 Å². The van der Waals surface area contributed by atoms with Gasteiger partial charge < -0.3 is 5.32 Å². The SMILES string of the molecule is CCCNc1ccc(Cl)c(CSC2CCCC2)n1. The molecule has 0 amide bonds. The molecule has 1 aliphatic carbocycles. The second-order valence-electron chi connectivity index (χ2n) is 4.77. The molecular formula is C14H21ClN2S. The van der Waals surface area contributed by atoms with Gasteiger partial charge in [0.15, 0.2) is 0 Å². The van der Waals surface area contributed by atoms with Crippen molar-refractivity contribution in [2.45, 2.75) is 50.0 Å². The second-order valence-corrected chi connectivity index (χ2v) is 6.47. The summed E-state index contributed by atoms with van der Waals surface area (Å²) in [5.41, 5.74) is 1.02. The maximum atomic E-state index is 6.21. The molecule has 0 aliphatic heterocycles. The van der Waals surface area contributed by atoms with Crippen molar-refractivity contribution < 1.29 is 0 Å². The molecule has 2 rings (SSSR count). The van der Waals surface area contributed by atoms with Gasteiger partial charge in [0.1, 0.15) is 5.82 Å². The first-order chi connectivity index (χ1) is 8.79. The summed E-state index contributed by atoms with van der Waals surface area (Å²) in [6, 6.07) is 3.92. The molecule has 0 saturated heterocycles. The van der Waals surface area contributed by atoms with Crippen LogP contribution in [0.5, 0.6) is 0 Å². The van der Waals surface area contributed by atoms with Crippen LogP contribution in [0.25, 0.3) is 0 Å². The Morgan fingerprint density at radius 3 is 2.89 bits per heavy atom. The van der Waals surface area contributed by atoms with Crippen LogP contribution in [0.3, 0.4) is 0 Å². The zero-order valence-electron chi connectivity index (χ0n) is 10.9. The van der Waals surface area contributed by atoms with E-state index in [4.69, 9.17) is 11.6 Å². The molecule has 1 fully saturated rings. The minimum Gasteiger partial charge on any atom is -0.370 e. The van der Waals surface area contributed by atoms with E-state index >= 15 is 0 Å². The van der Waals surface area contributed by atoms with Gasteiger partial charge in [-0.2, -0.15) is 11.8 Å². The lowest BCUT2D eigenvalue weighted by atomic mass is 10.3. The lowest BCUT2D eigenvalue weighted by Crippen LogP contribution is -2.04. The van der Waals surface area contributed by atoms with Crippen LogP contribution < -0.4 is 5.32 Å². The van der Waals surface area contributed by atoms with Crippen LogP contribution >= 0.6 is 23.4 Å². The predicted molar refractivity (Wildman–Crippen MR) is 81.6 cm³/mol. The molecule has 0 spiro atoms. The van der Waals surface area contributed by atoms with Crippen molar-refractivity contribution in [2.24, 2.45) is 0 Å². The highest BCUT2D eigenvalue weighted by Crippen LogP contribution is 2.32. The minimum atomic E-state index is 0.794. The average Bonchev–Trinajstić information content (AvgIpc) is 2.89. The molecule has 0 bridgehead atoms. The maximum Gasteiger partial charge on any atom is 0.126 e. The van der Waals surface area contributed by atoms with Gasteiger partial charge in [0.2, 0.25) is 0 Å². The Balaban J connectivity index is 1.92. The van der Waals surface area contributed by atoms with Gasteiger partial charge in [0.25, 0.3) is 0 Å². The maximum absolute atomic E-state index is 6.21. The lowest BCUT2D eigenvalue weighted by molar-refractivity contribution is 0.886. The normalized spacial score (nSPS) is 16.1. The number of halogens is 1. The fourth-order valence-corrected chi connectivity index (χ4v) is 3.72. The van der Waals surface area contributed by atoms with Crippen LogP contribution in [0.15, 0.2) is 12.1 Å². The summed E-state index contributed by atoms with van der Waals surface area (Å²) in [5.74, 6) is 1.88. The number of nitrogens with zero attached hydrogens (tertiary/aromatic N) is 1. The third-order valence-electron chi connectivity index (χ3n) is 3.23. The summed E-state index contributed by atoms with van der Waals surface area (Å²) < 4.78 is 0. The standard InChI is InChI=1S/C14H21ClN2S/c1-2-9-16-14-8-7-12(15)13(17-14)10-18-11-5-3-4-6-11/h7-8,11H,2-6,9-10H2,1H3,(H,16,17). The van der Waals surface area contributed by atoms with Gasteiger partial charge in [-0.15, -0.1) is 0 Å². The molecule has 1 aromatic heterocycles. The molecule has 1 heterocycles. The Hall–Kier alpha value is -0.410. The van der Waals surface area contributed by atoms with Gasteiger partial charge in [-0.3, -0.25) is 0 Å². The number of aromatic nitrogens is 1. The van der Waals surface area contributed by atoms with E-state index in [9.17, 15) is 0 Å². The largest absolute Gasteiger partial charge is 0.370 e. The van der Waals surface area contributed by atoms with Crippen molar-refractivity contribution in [1.82, 2.24) is 4.98 Å². The number of hydrogen-bond acceptors (Lipinski definition) is 3. The van der Waals surface area contributed by atoms with Gasteiger partial charge in [0, 0.05) is 17.5 Å². The first-order valence-electron chi connectivity index (χ1n) is 6.80. The summed E-state index contributed by atoms with van der Waals surface area (Å²) in [4.78, 5) is 4.61. The van der Waals surface area contributed by atoms with Gasteiger partial charge in [0.05, 0.1) is 10.7 Å². The van der Waals surface area contributed by atoms with Crippen LogP contribution in [0.1, 0.15) is 44.7 Å². The van der Waals surface area contributed by atoms with Crippen LogP contribution in [-0.2, 0) is 5.75 Å². The van der Waals surface area contributed by atoms with Gasteiger partial charge in [-0.25, -0.2) is 4.98 Å². The molecule has 18 heavy (non-hydrogen) atoms. The molecule has 0 radical (unpaired) electrons. The quantitative estimate of drug-likeness (QED) is 0.817. The first kappa shape index (κ1) is 14.0. The van der Waals surface area contributed by atoms with E-state index in [1.165, 1.54) is 25.7 Å². The molecule has 1 aliphatic rings. The van der Waals surface area contributed by atoms with Crippen molar-refractivity contribution in [3.05, 3.63) is 22.8 Å². The van der Waals surface area contributed by atoms with Crippen molar-refractivity contribution in [2.75, 3.05) is 11.9 Å². The summed E-state index contributed by atoms with van der Waals surface area (Å²) in [6.07, 6.45) is 6.59. The summed E-state index contributed by atoms with van der Waals surface area (Å²) in [5, 5.41) is 4.92. The van der Waals surface area contributed by atoms with E-state index in [0.29, 0.717) is 0 Å². The fourth-order valence-electron chi connectivity index (χ4n) is 2.19. The van der Waals surface area contributed by atoms with E-state index in [0.717, 1.165) is 40.5 Å². The molecule has 0 unspecified atom stereocenters. The Morgan fingerprint density at radius 2 is 2.17 bits per heavy atom. The van der Waals surface area contributed by atoms with Crippen LogP contribution in [0.2, 0.25) is 5.02 Å². The summed E-state index contributed by atoms with van der Waals surface area (Å²) >= 11 is 8.22. The summed E-state index contributed by atoms with van der Waals surface area (Å²) in [7, 11) is 0. The molecule has 100 valence electrons. The van der Waals surface area contributed by atoms with E-state index in [1.54, 1.807) is 0 Å². The zero-order chi connectivity index (χ0) is 12.8. The third kappa shape index (κ3) is 4.06. The summed E-state index contributed by atoms with van der Waals surface area (Å²) in [6.45, 7) is 3.11. The highest BCUT2D eigenvalue weighted by Gasteiger charge is 2.16. The Labute approximate surface area is 119 Å². The number of anilines is 1. The molecule has 0 aromatic carbocycles. The molecule has 1 aromatic rings. The Kier molecular flexibility index (Phi) is 5.64. The number of nitrogens with one attached hydrogen (secondary N) is 1. The van der Waals surface area contributed by atoms with Crippen LogP contribution in [0.4, 0.5) is 5.82 Å². The number of pyridine rings is 1. The molecule has 4 heteroatoms. The average molecular weight is 285 g/mol. The van der Waals surface area contributed by atoms with Crippen molar-refractivity contribution in [1.29, 1.82) is 0 Å². The molecular weight excluding hydrogens is 264 g/mol. The van der Waals surface area contributed by atoms with Crippen molar-refractivity contribution in [3.8, 4) is 0 Å². The van der Waals surface area contributed by atoms with Crippen molar-refractivity contribution >= 4 is 29.2 Å². The molecule has 1 N–H and O–H groups in total. The van der Waals surface area contributed by atoms with E-state index in [2.05, 4.69) is 17.2 Å². The zero-order valence-corrected chi connectivity index (χ0v) is 12.5. The Morgan fingerprint density at radius 1 is 1.39 bits per heavy atom. The van der Waals surface area contributed by atoms with E-state index in [1.807, 2.05) is 23.9 Å². The van der Waals surface area contributed by atoms with Gasteiger partial charge in [-0.1, -0.05) is 31.4 Å². The highest BCUT2D eigenvalue weighted by atomic mass is 35.5. The van der Waals surface area contributed by atoms with E-state index in [-0.39, 0.29) is 0 Å². The number of rotatable bonds is 6. The topological polar surface area (TPSA) is 24.9 Å². The molecule has 0 atom stereocenters. The number of thioether (sulfide) groups is 1. The van der Waals surface area contributed by atoms with Gasteiger partial charge >= 0.3 is 0 Å². The Bertz CT molecular complexity index is 378. The lowest BCUT2D eigenvalue weighted by Gasteiger charge is -2.11. The molecule has 2 nitrogen and oxygen atoms in total. The number of hydrogen-bond donors (Lipinski definition) is 1. The van der Waals surface area contributed by atoms with Crippen molar-refractivity contribution in [3.63, 3.8) is 0 Å². The second kappa shape index (κ2) is 7.25. The fraction of sp³-hybridized carbons (Fsp3) is 0.643. The predicted octanol–water partition coefficient (Wildman–Crippen LogP) is 4.73. The monoisotopic (exact) mass is 284 g/mol. The van der Waals surface area contributed by atoms with Gasteiger partial charge in [-0.05, 0) is 31.4 Å². The minimum absolute atomic E-state index is 0.794. The smallest absolute Gasteiger partial charge is 0.126 e. The molecule has 1 saturated carbocycles. The first-order valence-corrected chi connectivity index (χ1v) is 8.23. The third-order valence-corrected chi connectivity index (χ3v) is 4.96. The van der Waals surface area contributed by atoms with Crippen LogP contribution in [-0.4, -0.2) is 16.8 Å². The van der Waals surface area contributed by atoms with E-state index < -0.39 is 0 Å². The highest BCUT2D eigenvalue weighted by molar-refractivity contribution is 7.99.